The lowest BCUT2D eigenvalue weighted by Gasteiger charge is -2.49. The third-order valence-electron chi connectivity index (χ3n) is 7.93. The molecule has 2 fully saturated rings. The Bertz CT molecular complexity index is 992. The summed E-state index contributed by atoms with van der Waals surface area (Å²) in [6.45, 7) is 8.64. The monoisotopic (exact) mass is 481 g/mol. The van der Waals surface area contributed by atoms with Gasteiger partial charge in [-0.1, -0.05) is 30.3 Å². The molecule has 0 atom stereocenters. The first-order chi connectivity index (χ1) is 16.6. The average Bonchev–Trinajstić information content (AvgIpc) is 3.41. The van der Waals surface area contributed by atoms with Gasteiger partial charge in [0.05, 0.1) is 11.5 Å². The quantitative estimate of drug-likeness (QED) is 0.640. The summed E-state index contributed by atoms with van der Waals surface area (Å²) in [7, 11) is 0. The zero-order chi connectivity index (χ0) is 23.5. The van der Waals surface area contributed by atoms with Crippen LogP contribution >= 0.6 is 11.3 Å². The molecule has 1 aromatic carbocycles. The summed E-state index contributed by atoms with van der Waals surface area (Å²) in [5, 5.41) is 1.98. The van der Waals surface area contributed by atoms with Crippen molar-refractivity contribution in [3.05, 3.63) is 57.8 Å². The number of fused-ring (bicyclic) bond motifs is 2. The lowest BCUT2D eigenvalue weighted by Crippen LogP contribution is -2.54. The van der Waals surface area contributed by atoms with Crippen molar-refractivity contribution in [3.8, 4) is 0 Å². The van der Waals surface area contributed by atoms with E-state index in [1.165, 1.54) is 22.5 Å². The molecule has 7 heteroatoms. The number of ether oxygens (including phenoxy) is 1. The molecule has 3 aliphatic heterocycles. The number of piperidine rings is 2. The molecule has 0 radical (unpaired) electrons. The Kier molecular flexibility index (Phi) is 6.93. The van der Waals surface area contributed by atoms with E-state index < -0.39 is 0 Å². The summed E-state index contributed by atoms with van der Waals surface area (Å²) in [5.74, 6) is 0.801. The largest absolute Gasteiger partial charge is 0.450 e. The first kappa shape index (κ1) is 23.4. The number of amides is 2. The van der Waals surface area contributed by atoms with Crippen molar-refractivity contribution >= 4 is 23.3 Å². The van der Waals surface area contributed by atoms with Gasteiger partial charge in [-0.05, 0) is 74.2 Å². The van der Waals surface area contributed by atoms with Gasteiger partial charge in [-0.25, -0.2) is 4.79 Å². The van der Waals surface area contributed by atoms with E-state index in [2.05, 4.69) is 34.1 Å². The Balaban J connectivity index is 1.22. The fourth-order valence-corrected chi connectivity index (χ4v) is 6.75. The molecule has 0 bridgehead atoms. The van der Waals surface area contributed by atoms with Crippen molar-refractivity contribution in [2.24, 2.45) is 5.92 Å². The van der Waals surface area contributed by atoms with Crippen LogP contribution in [0.4, 0.5) is 4.79 Å². The van der Waals surface area contributed by atoms with Gasteiger partial charge in [-0.2, -0.15) is 0 Å². The second-order valence-corrected chi connectivity index (χ2v) is 11.0. The lowest BCUT2D eigenvalue weighted by molar-refractivity contribution is 0.0538. The Morgan fingerprint density at radius 3 is 2.50 bits per heavy atom. The minimum atomic E-state index is -0.168. The van der Waals surface area contributed by atoms with E-state index in [4.69, 9.17) is 4.74 Å². The number of carbonyl (C=O) groups excluding carboxylic acids is 2. The van der Waals surface area contributed by atoms with Crippen LogP contribution in [0.2, 0.25) is 0 Å². The van der Waals surface area contributed by atoms with Gasteiger partial charge in [-0.15, -0.1) is 11.3 Å². The van der Waals surface area contributed by atoms with E-state index in [9.17, 15) is 9.59 Å². The van der Waals surface area contributed by atoms with E-state index in [0.717, 1.165) is 69.8 Å². The molecule has 1 spiro atoms. The number of rotatable bonds is 4. The van der Waals surface area contributed by atoms with Crippen LogP contribution in [-0.4, -0.2) is 72.6 Å². The molecule has 4 heterocycles. The zero-order valence-electron chi connectivity index (χ0n) is 20.1. The van der Waals surface area contributed by atoms with Gasteiger partial charge in [0.1, 0.15) is 0 Å². The predicted molar refractivity (Wildman–Crippen MR) is 134 cm³/mol. The highest BCUT2D eigenvalue weighted by molar-refractivity contribution is 7.12. The fourth-order valence-electron chi connectivity index (χ4n) is 6.06. The maximum atomic E-state index is 13.2. The number of carbonyl (C=O) groups is 2. The van der Waals surface area contributed by atoms with Gasteiger partial charge in [0.15, 0.2) is 0 Å². The standard InChI is InChI=1S/C27H35N3O3S/c1-2-33-26(32)29-13-9-21(10-14-29)18-28-15-11-27(12-16-28)20-30(25(31)24-8-5-17-34-24)19-22-6-3-4-7-23(22)27/h3-8,17,21H,2,9-16,18-20H2,1H3. The molecule has 0 N–H and O–H groups in total. The Morgan fingerprint density at radius 2 is 1.79 bits per heavy atom. The molecule has 0 saturated carbocycles. The molecule has 0 unspecified atom stereocenters. The SMILES string of the molecule is CCOC(=O)N1CCC(CN2CCC3(CC2)CN(C(=O)c2cccs2)Cc2ccccc23)CC1. The minimum absolute atomic E-state index is 0.0472. The van der Waals surface area contributed by atoms with Gasteiger partial charge >= 0.3 is 6.09 Å². The Morgan fingerprint density at radius 1 is 1.03 bits per heavy atom. The Hall–Kier alpha value is -2.38. The normalized spacial score (nSPS) is 20.9. The van der Waals surface area contributed by atoms with Crippen molar-refractivity contribution in [2.75, 3.05) is 45.9 Å². The summed E-state index contributed by atoms with van der Waals surface area (Å²) in [6, 6.07) is 12.7. The molecule has 6 nitrogen and oxygen atoms in total. The van der Waals surface area contributed by atoms with Crippen molar-refractivity contribution in [1.82, 2.24) is 14.7 Å². The molecule has 2 amide bonds. The highest BCUT2D eigenvalue weighted by atomic mass is 32.1. The summed E-state index contributed by atoms with van der Waals surface area (Å²) >= 11 is 1.53. The number of benzene rings is 1. The number of likely N-dealkylation sites (tertiary alicyclic amines) is 2. The minimum Gasteiger partial charge on any atom is -0.450 e. The van der Waals surface area contributed by atoms with E-state index in [1.54, 1.807) is 0 Å². The summed E-state index contributed by atoms with van der Waals surface area (Å²) < 4.78 is 5.16. The molecule has 1 aromatic heterocycles. The lowest BCUT2D eigenvalue weighted by atomic mass is 9.68. The second-order valence-electron chi connectivity index (χ2n) is 10.0. The van der Waals surface area contributed by atoms with Gasteiger partial charge in [0.25, 0.3) is 5.91 Å². The number of nitrogens with zero attached hydrogens (tertiary/aromatic N) is 3. The maximum Gasteiger partial charge on any atom is 0.409 e. The number of thiophene rings is 1. The smallest absolute Gasteiger partial charge is 0.409 e. The van der Waals surface area contributed by atoms with Crippen LogP contribution in [-0.2, 0) is 16.7 Å². The summed E-state index contributed by atoms with van der Waals surface area (Å²) in [4.78, 5) is 32.6. The van der Waals surface area contributed by atoms with E-state index in [1.807, 2.05) is 29.3 Å². The number of hydrogen-bond acceptors (Lipinski definition) is 5. The summed E-state index contributed by atoms with van der Waals surface area (Å²) in [5.41, 5.74) is 2.80. The highest BCUT2D eigenvalue weighted by Crippen LogP contribution is 2.42. The fraction of sp³-hybridized carbons (Fsp3) is 0.556. The number of hydrogen-bond donors (Lipinski definition) is 0. The van der Waals surface area contributed by atoms with Crippen LogP contribution in [0, 0.1) is 5.92 Å². The Labute approximate surface area is 206 Å². The van der Waals surface area contributed by atoms with Crippen LogP contribution < -0.4 is 0 Å². The van der Waals surface area contributed by atoms with Crippen LogP contribution in [0.3, 0.4) is 0 Å². The van der Waals surface area contributed by atoms with E-state index in [0.29, 0.717) is 19.1 Å². The first-order valence-corrected chi connectivity index (χ1v) is 13.5. The second kappa shape index (κ2) is 10.1. The molecule has 2 aromatic rings. The molecule has 182 valence electrons. The first-order valence-electron chi connectivity index (χ1n) is 12.6. The third kappa shape index (κ3) is 4.73. The van der Waals surface area contributed by atoms with Crippen molar-refractivity contribution in [1.29, 1.82) is 0 Å². The van der Waals surface area contributed by atoms with Crippen LogP contribution in [0.1, 0.15) is 53.4 Å². The molecule has 0 aliphatic carbocycles. The predicted octanol–water partition coefficient (Wildman–Crippen LogP) is 4.61. The maximum absolute atomic E-state index is 13.2. The zero-order valence-corrected chi connectivity index (χ0v) is 20.9. The molecule has 5 rings (SSSR count). The molecule has 2 saturated heterocycles. The van der Waals surface area contributed by atoms with Gasteiger partial charge in [0, 0.05) is 38.1 Å². The van der Waals surface area contributed by atoms with Crippen LogP contribution in [0.5, 0.6) is 0 Å². The topological polar surface area (TPSA) is 53.1 Å². The molecular formula is C27H35N3O3S. The van der Waals surface area contributed by atoms with Crippen LogP contribution in [0.25, 0.3) is 0 Å². The van der Waals surface area contributed by atoms with Gasteiger partial charge < -0.3 is 19.4 Å². The molecule has 34 heavy (non-hydrogen) atoms. The van der Waals surface area contributed by atoms with Gasteiger partial charge in [-0.3, -0.25) is 4.79 Å². The van der Waals surface area contributed by atoms with Crippen molar-refractivity contribution < 1.29 is 14.3 Å². The van der Waals surface area contributed by atoms with E-state index in [-0.39, 0.29) is 17.4 Å². The summed E-state index contributed by atoms with van der Waals surface area (Å²) in [6.07, 6.45) is 4.09. The average molecular weight is 482 g/mol. The van der Waals surface area contributed by atoms with Crippen molar-refractivity contribution in [3.63, 3.8) is 0 Å². The van der Waals surface area contributed by atoms with E-state index >= 15 is 0 Å². The van der Waals surface area contributed by atoms with Crippen molar-refractivity contribution in [2.45, 2.75) is 44.6 Å². The molecule has 3 aliphatic rings. The van der Waals surface area contributed by atoms with Crippen LogP contribution in [0.15, 0.2) is 41.8 Å². The third-order valence-corrected chi connectivity index (χ3v) is 8.79. The molecular weight excluding hydrogens is 446 g/mol. The highest BCUT2D eigenvalue weighted by Gasteiger charge is 2.43. The van der Waals surface area contributed by atoms with Gasteiger partial charge in [0.2, 0.25) is 0 Å².